The molecule has 1 saturated heterocycles. The number of rotatable bonds is 7. The zero-order valence-electron chi connectivity index (χ0n) is 19.8. The van der Waals surface area contributed by atoms with Crippen LogP contribution < -0.4 is 20.3 Å². The topological polar surface area (TPSA) is 90.5 Å². The summed E-state index contributed by atoms with van der Waals surface area (Å²) in [4.78, 5) is 15.1. The normalized spacial score (nSPS) is 14.0. The van der Waals surface area contributed by atoms with Crippen molar-refractivity contribution in [3.8, 4) is 0 Å². The predicted molar refractivity (Wildman–Crippen MR) is 136 cm³/mol. The minimum absolute atomic E-state index is 0.153. The lowest BCUT2D eigenvalue weighted by atomic mass is 10.1. The number of nitrogens with one attached hydrogen (secondary N) is 3. The highest BCUT2D eigenvalue weighted by Crippen LogP contribution is 2.31. The lowest BCUT2D eigenvalue weighted by Gasteiger charge is -2.31. The molecule has 3 aromatic rings. The van der Waals surface area contributed by atoms with Gasteiger partial charge in [0, 0.05) is 38.3 Å². The molecule has 0 spiro atoms. The fourth-order valence-electron chi connectivity index (χ4n) is 4.17. The van der Waals surface area contributed by atoms with Crippen molar-refractivity contribution in [3.63, 3.8) is 0 Å². The van der Waals surface area contributed by atoms with Crippen molar-refractivity contribution in [2.75, 3.05) is 35.8 Å². The van der Waals surface area contributed by atoms with Crippen molar-refractivity contribution in [3.05, 3.63) is 88.7 Å². The Kier molecular flexibility index (Phi) is 7.37. The molecule has 1 aliphatic rings. The first-order valence-corrected chi connectivity index (χ1v) is 12.9. The van der Waals surface area contributed by atoms with Crippen molar-refractivity contribution < 1.29 is 17.6 Å². The Bertz CT molecular complexity index is 1340. The summed E-state index contributed by atoms with van der Waals surface area (Å²) in [5.74, 6) is -0.756. The number of amides is 1. The summed E-state index contributed by atoms with van der Waals surface area (Å²) in [6, 6.07) is 16.2. The van der Waals surface area contributed by atoms with Gasteiger partial charge in [0.25, 0.3) is 15.9 Å². The first kappa shape index (κ1) is 24.7. The highest BCUT2D eigenvalue weighted by molar-refractivity contribution is 7.92. The molecule has 3 aromatic carbocycles. The maximum Gasteiger partial charge on any atom is 0.262 e. The standard InChI is InChI=1S/C26H29FN4O3S/c1-18-6-9-25(19(2)14-18)35(33,34)30-23-16-21(7-8-24(23)31-12-10-28-11-13-31)26(32)29-17-20-4-3-5-22(27)15-20/h3-9,14-16,28,30H,10-13,17H2,1-2H3,(H,29,32). The summed E-state index contributed by atoms with van der Waals surface area (Å²) in [5.41, 5.74) is 3.60. The molecule has 0 aromatic heterocycles. The van der Waals surface area contributed by atoms with Crippen molar-refractivity contribution in [1.82, 2.24) is 10.6 Å². The minimum atomic E-state index is -3.89. The van der Waals surface area contributed by atoms with Crippen LogP contribution in [0.4, 0.5) is 15.8 Å². The van der Waals surface area contributed by atoms with Crippen molar-refractivity contribution in [2.24, 2.45) is 0 Å². The Morgan fingerprint density at radius 3 is 2.51 bits per heavy atom. The van der Waals surface area contributed by atoms with Gasteiger partial charge in [0.2, 0.25) is 0 Å². The van der Waals surface area contributed by atoms with E-state index in [1.54, 1.807) is 49.4 Å². The van der Waals surface area contributed by atoms with Gasteiger partial charge >= 0.3 is 0 Å². The van der Waals surface area contributed by atoms with Crippen molar-refractivity contribution >= 4 is 27.3 Å². The number of piperazine rings is 1. The highest BCUT2D eigenvalue weighted by Gasteiger charge is 2.22. The average molecular weight is 497 g/mol. The van der Waals surface area contributed by atoms with Crippen LogP contribution in [0.15, 0.2) is 65.6 Å². The zero-order valence-corrected chi connectivity index (χ0v) is 20.6. The van der Waals surface area contributed by atoms with Crippen molar-refractivity contribution in [2.45, 2.75) is 25.3 Å². The maximum absolute atomic E-state index is 13.4. The summed E-state index contributed by atoms with van der Waals surface area (Å²) in [7, 11) is -3.89. The predicted octanol–water partition coefficient (Wildman–Crippen LogP) is 3.58. The summed E-state index contributed by atoms with van der Waals surface area (Å²) < 4.78 is 42.8. The van der Waals surface area contributed by atoms with Crippen LogP contribution in [0.2, 0.25) is 0 Å². The second kappa shape index (κ2) is 10.5. The van der Waals surface area contributed by atoms with Gasteiger partial charge in [-0.3, -0.25) is 9.52 Å². The second-order valence-corrected chi connectivity index (χ2v) is 10.3. The quantitative estimate of drug-likeness (QED) is 0.465. The number of benzene rings is 3. The Morgan fingerprint density at radius 2 is 1.80 bits per heavy atom. The summed E-state index contributed by atoms with van der Waals surface area (Å²) in [6.45, 7) is 6.80. The third kappa shape index (κ3) is 5.98. The Hall–Kier alpha value is -3.43. The molecule has 0 atom stereocenters. The van der Waals surface area contributed by atoms with Crippen LogP contribution in [0.3, 0.4) is 0 Å². The van der Waals surface area contributed by atoms with Crippen LogP contribution in [0.1, 0.15) is 27.0 Å². The van der Waals surface area contributed by atoms with Gasteiger partial charge in [-0.2, -0.15) is 0 Å². The van der Waals surface area contributed by atoms with Gasteiger partial charge in [0.1, 0.15) is 5.82 Å². The number of sulfonamides is 1. The van der Waals surface area contributed by atoms with Gasteiger partial charge in [0.15, 0.2) is 0 Å². The molecule has 1 heterocycles. The lowest BCUT2D eigenvalue weighted by Crippen LogP contribution is -2.43. The number of aryl methyl sites for hydroxylation is 2. The number of halogens is 1. The van der Waals surface area contributed by atoms with Crippen LogP contribution in [-0.2, 0) is 16.6 Å². The molecule has 3 N–H and O–H groups in total. The van der Waals surface area contributed by atoms with Crippen molar-refractivity contribution in [1.29, 1.82) is 0 Å². The molecule has 184 valence electrons. The summed E-state index contributed by atoms with van der Waals surface area (Å²) in [5, 5.41) is 6.06. The molecule has 1 amide bonds. The van der Waals surface area contributed by atoms with Gasteiger partial charge in [-0.15, -0.1) is 0 Å². The van der Waals surface area contributed by atoms with Crippen LogP contribution in [0.25, 0.3) is 0 Å². The number of hydrogen-bond acceptors (Lipinski definition) is 5. The first-order valence-electron chi connectivity index (χ1n) is 11.5. The van der Waals surface area contributed by atoms with Crippen LogP contribution in [0, 0.1) is 19.7 Å². The monoisotopic (exact) mass is 496 g/mol. The summed E-state index contributed by atoms with van der Waals surface area (Å²) >= 11 is 0. The number of hydrogen-bond donors (Lipinski definition) is 3. The fraction of sp³-hybridized carbons (Fsp3) is 0.269. The Balaban J connectivity index is 1.63. The molecule has 9 heteroatoms. The van der Waals surface area contributed by atoms with Crippen LogP contribution >= 0.6 is 0 Å². The third-order valence-corrected chi connectivity index (χ3v) is 7.45. The fourth-order valence-corrected chi connectivity index (χ4v) is 5.47. The molecule has 4 rings (SSSR count). The third-order valence-electron chi connectivity index (χ3n) is 5.92. The molecule has 1 fully saturated rings. The van der Waals surface area contributed by atoms with E-state index in [9.17, 15) is 17.6 Å². The van der Waals surface area contributed by atoms with Crippen LogP contribution in [-0.4, -0.2) is 40.5 Å². The second-order valence-electron chi connectivity index (χ2n) is 8.66. The minimum Gasteiger partial charge on any atom is -0.367 e. The molecule has 0 aliphatic carbocycles. The molecule has 1 aliphatic heterocycles. The lowest BCUT2D eigenvalue weighted by molar-refractivity contribution is 0.0951. The molecular weight excluding hydrogens is 467 g/mol. The maximum atomic E-state index is 13.4. The van der Waals surface area contributed by atoms with Gasteiger partial charge in [-0.1, -0.05) is 29.8 Å². The molecular formula is C26H29FN4O3S. The van der Waals surface area contributed by atoms with Gasteiger partial charge in [-0.25, -0.2) is 12.8 Å². The average Bonchev–Trinajstić information content (AvgIpc) is 2.82. The smallest absolute Gasteiger partial charge is 0.262 e. The van der Waals surface area contributed by atoms with E-state index in [-0.39, 0.29) is 23.2 Å². The molecule has 0 saturated carbocycles. The van der Waals surface area contributed by atoms with E-state index in [0.29, 0.717) is 41.2 Å². The number of carbonyl (C=O) groups excluding carboxylic acids is 1. The van der Waals surface area contributed by atoms with Gasteiger partial charge in [-0.05, 0) is 61.4 Å². The van der Waals surface area contributed by atoms with Crippen LogP contribution in [0.5, 0.6) is 0 Å². The van der Waals surface area contributed by atoms with E-state index in [2.05, 4.69) is 20.3 Å². The number of anilines is 2. The van der Waals surface area contributed by atoms with E-state index in [0.717, 1.165) is 18.7 Å². The van der Waals surface area contributed by atoms with E-state index in [1.807, 2.05) is 13.0 Å². The van der Waals surface area contributed by atoms with Gasteiger partial charge in [0.05, 0.1) is 16.3 Å². The molecule has 0 unspecified atom stereocenters. The Labute approximate surface area is 205 Å². The zero-order chi connectivity index (χ0) is 25.0. The van der Waals surface area contributed by atoms with E-state index < -0.39 is 10.0 Å². The Morgan fingerprint density at radius 1 is 1.03 bits per heavy atom. The molecule has 35 heavy (non-hydrogen) atoms. The van der Waals surface area contributed by atoms with E-state index in [1.165, 1.54) is 12.1 Å². The number of carbonyl (C=O) groups is 1. The van der Waals surface area contributed by atoms with Gasteiger partial charge < -0.3 is 15.5 Å². The largest absolute Gasteiger partial charge is 0.367 e. The molecule has 0 bridgehead atoms. The SMILES string of the molecule is Cc1ccc(S(=O)(=O)Nc2cc(C(=O)NCc3cccc(F)c3)ccc2N2CCNCC2)c(C)c1. The number of nitrogens with zero attached hydrogens (tertiary/aromatic N) is 1. The molecule has 7 nitrogen and oxygen atoms in total. The summed E-state index contributed by atoms with van der Waals surface area (Å²) in [6.07, 6.45) is 0. The first-order chi connectivity index (χ1) is 16.7. The molecule has 0 radical (unpaired) electrons. The van der Waals surface area contributed by atoms with E-state index in [4.69, 9.17) is 0 Å². The van der Waals surface area contributed by atoms with E-state index >= 15 is 0 Å². The highest BCUT2D eigenvalue weighted by atomic mass is 32.2.